The number of hydrogen-bond donors (Lipinski definition) is 0. The minimum absolute atomic E-state index is 0.0262. The van der Waals surface area contributed by atoms with Gasteiger partial charge in [-0.2, -0.15) is 0 Å². The van der Waals surface area contributed by atoms with E-state index in [9.17, 15) is 0 Å². The van der Waals surface area contributed by atoms with Gasteiger partial charge in [-0.25, -0.2) is 0 Å². The van der Waals surface area contributed by atoms with E-state index in [-0.39, 0.29) is 11.1 Å². The first-order valence-electron chi connectivity index (χ1n) is 7.38. The first kappa shape index (κ1) is 17.3. The van der Waals surface area contributed by atoms with Crippen molar-refractivity contribution in [3.63, 3.8) is 0 Å². The highest BCUT2D eigenvalue weighted by atomic mass is 79.9. The molecule has 0 aliphatic heterocycles. The predicted octanol–water partition coefficient (Wildman–Crippen LogP) is 6.37. The van der Waals surface area contributed by atoms with Gasteiger partial charge in [-0.15, -0.1) is 0 Å². The van der Waals surface area contributed by atoms with Gasteiger partial charge in [0.05, 0.1) is 6.10 Å². The fourth-order valence-electron chi connectivity index (χ4n) is 2.52. The molecule has 0 heterocycles. The molecule has 0 N–H and O–H groups in total. The topological polar surface area (TPSA) is 9.23 Å². The molecular weight excluding hydrogens is 364 g/mol. The molecule has 0 bridgehead atoms. The van der Waals surface area contributed by atoms with Gasteiger partial charge in [-0.3, -0.25) is 0 Å². The molecule has 1 unspecified atom stereocenters. The number of halogens is 2. The molecular formula is C17H24BrClOSi. The summed E-state index contributed by atoms with van der Waals surface area (Å²) in [6.45, 7) is 13.5. The van der Waals surface area contributed by atoms with Gasteiger partial charge in [0.1, 0.15) is 0 Å². The van der Waals surface area contributed by atoms with Crippen LogP contribution in [-0.2, 0) is 10.8 Å². The van der Waals surface area contributed by atoms with Crippen molar-refractivity contribution < 1.29 is 4.43 Å². The van der Waals surface area contributed by atoms with Crippen LogP contribution >= 0.6 is 27.5 Å². The molecule has 4 heteroatoms. The summed E-state index contributed by atoms with van der Waals surface area (Å²) in [6.07, 6.45) is 0.843. The van der Waals surface area contributed by atoms with Crippen LogP contribution in [0, 0.1) is 0 Å². The van der Waals surface area contributed by atoms with E-state index in [2.05, 4.69) is 74.9 Å². The molecule has 2 rings (SSSR count). The Bertz CT molecular complexity index is 587. The van der Waals surface area contributed by atoms with Crippen LogP contribution < -0.4 is 0 Å². The Hall–Kier alpha value is -0.0931. The van der Waals surface area contributed by atoms with Crippen molar-refractivity contribution in [3.8, 4) is 0 Å². The molecule has 0 amide bonds. The van der Waals surface area contributed by atoms with Gasteiger partial charge in [-0.1, -0.05) is 60.4 Å². The van der Waals surface area contributed by atoms with Crippen LogP contribution in [0.5, 0.6) is 0 Å². The molecule has 1 atom stereocenters. The molecule has 0 radical (unpaired) electrons. The van der Waals surface area contributed by atoms with Gasteiger partial charge in [0.2, 0.25) is 0 Å². The average Bonchev–Trinajstić information content (AvgIpc) is 2.64. The van der Waals surface area contributed by atoms with E-state index >= 15 is 0 Å². The number of hydrogen-bond acceptors (Lipinski definition) is 1. The van der Waals surface area contributed by atoms with Gasteiger partial charge < -0.3 is 4.43 Å². The predicted molar refractivity (Wildman–Crippen MR) is 98.4 cm³/mol. The number of rotatable bonds is 3. The molecule has 0 saturated heterocycles. The van der Waals surface area contributed by atoms with E-state index in [1.54, 1.807) is 0 Å². The molecule has 21 heavy (non-hydrogen) atoms. The Balaban J connectivity index is 2.34. The number of benzene rings is 1. The largest absolute Gasteiger partial charge is 0.410 e. The van der Waals surface area contributed by atoms with E-state index in [0.29, 0.717) is 0 Å². The maximum atomic E-state index is 6.55. The zero-order chi connectivity index (χ0) is 16.0. The van der Waals surface area contributed by atoms with Crippen LogP contribution in [0.25, 0.3) is 5.57 Å². The third kappa shape index (κ3) is 3.31. The van der Waals surface area contributed by atoms with Crippen LogP contribution in [0.3, 0.4) is 0 Å². The molecule has 0 saturated carbocycles. The summed E-state index contributed by atoms with van der Waals surface area (Å²) in [6, 6.07) is 6.29. The summed E-state index contributed by atoms with van der Waals surface area (Å²) in [5, 5.41) is 1.12. The van der Waals surface area contributed by atoms with E-state index < -0.39 is 8.32 Å². The molecule has 0 spiro atoms. The van der Waals surface area contributed by atoms with Crippen molar-refractivity contribution >= 4 is 41.4 Å². The lowest BCUT2D eigenvalue weighted by Gasteiger charge is -2.39. The molecule has 1 aromatic rings. The highest BCUT2D eigenvalue weighted by Crippen LogP contribution is 2.44. The van der Waals surface area contributed by atoms with Gasteiger partial charge in [0.25, 0.3) is 0 Å². The van der Waals surface area contributed by atoms with Crippen LogP contribution in [0.4, 0.5) is 0 Å². The summed E-state index contributed by atoms with van der Waals surface area (Å²) in [7, 11) is -1.81. The molecule has 1 aliphatic carbocycles. The first-order chi connectivity index (χ1) is 9.54. The monoisotopic (exact) mass is 386 g/mol. The van der Waals surface area contributed by atoms with Crippen molar-refractivity contribution in [1.29, 1.82) is 0 Å². The first-order valence-corrected chi connectivity index (χ1v) is 11.5. The second kappa shape index (κ2) is 5.84. The summed E-state index contributed by atoms with van der Waals surface area (Å²) in [5.74, 6) is 0. The fourth-order valence-corrected chi connectivity index (χ4v) is 4.89. The van der Waals surface area contributed by atoms with E-state index in [4.69, 9.17) is 16.0 Å². The van der Waals surface area contributed by atoms with Crippen molar-refractivity contribution in [3.05, 3.63) is 38.8 Å². The summed E-state index contributed by atoms with van der Waals surface area (Å²) < 4.78 is 7.65. The maximum absolute atomic E-state index is 6.55. The molecule has 1 aliphatic rings. The average molecular weight is 388 g/mol. The Morgan fingerprint density at radius 1 is 1.29 bits per heavy atom. The van der Waals surface area contributed by atoms with E-state index in [0.717, 1.165) is 21.5 Å². The normalized spacial score (nSPS) is 17.1. The smallest absolute Gasteiger partial charge is 0.192 e. The second-order valence-corrected chi connectivity index (χ2v) is 13.4. The van der Waals surface area contributed by atoms with Crippen LogP contribution in [-0.4, -0.2) is 14.4 Å². The highest BCUT2D eigenvalue weighted by Gasteiger charge is 2.40. The van der Waals surface area contributed by atoms with Crippen LogP contribution in [0.1, 0.15) is 38.8 Å². The minimum Gasteiger partial charge on any atom is -0.410 e. The summed E-state index contributed by atoms with van der Waals surface area (Å²) in [5.41, 5.74) is 3.67. The molecule has 0 aromatic heterocycles. The SMILES string of the molecule is CC(O[Si](C)(C)C(C)(C)C)C1=C(Cl)Cc2cccc(Br)c21. The second-order valence-electron chi connectivity index (χ2n) is 7.29. The van der Waals surface area contributed by atoms with Crippen LogP contribution in [0.15, 0.2) is 27.7 Å². The lowest BCUT2D eigenvalue weighted by atomic mass is 10.0. The third-order valence-electron chi connectivity index (χ3n) is 4.69. The van der Waals surface area contributed by atoms with Crippen molar-refractivity contribution in [2.24, 2.45) is 0 Å². The lowest BCUT2D eigenvalue weighted by Crippen LogP contribution is -2.43. The number of allylic oxidation sites excluding steroid dienone is 1. The lowest BCUT2D eigenvalue weighted by molar-refractivity contribution is 0.251. The van der Waals surface area contributed by atoms with Crippen molar-refractivity contribution in [2.75, 3.05) is 0 Å². The van der Waals surface area contributed by atoms with Gasteiger partial charge in [0, 0.05) is 21.5 Å². The van der Waals surface area contributed by atoms with Crippen LogP contribution in [0.2, 0.25) is 18.1 Å². The summed E-state index contributed by atoms with van der Waals surface area (Å²) >= 11 is 10.2. The molecule has 0 fully saturated rings. The standard InChI is InChI=1S/C17H24BrClOSi/c1-11(20-21(5,6)17(2,3)4)15-14(19)10-12-8-7-9-13(18)16(12)15/h7-9,11H,10H2,1-6H3. The zero-order valence-corrected chi connectivity index (χ0v) is 17.0. The summed E-state index contributed by atoms with van der Waals surface area (Å²) in [4.78, 5) is 0. The van der Waals surface area contributed by atoms with Crippen molar-refractivity contribution in [1.82, 2.24) is 0 Å². The van der Waals surface area contributed by atoms with Crippen molar-refractivity contribution in [2.45, 2.75) is 58.4 Å². The molecule has 1 aromatic carbocycles. The Morgan fingerprint density at radius 3 is 2.48 bits per heavy atom. The minimum atomic E-state index is -1.81. The van der Waals surface area contributed by atoms with Gasteiger partial charge in [-0.05, 0) is 42.2 Å². The zero-order valence-electron chi connectivity index (χ0n) is 13.7. The highest BCUT2D eigenvalue weighted by molar-refractivity contribution is 9.10. The maximum Gasteiger partial charge on any atom is 0.192 e. The van der Waals surface area contributed by atoms with E-state index in [1.165, 1.54) is 11.1 Å². The Kier molecular flexibility index (Phi) is 4.80. The molecule has 116 valence electrons. The number of fused-ring (bicyclic) bond motifs is 1. The van der Waals surface area contributed by atoms with E-state index in [1.807, 2.05) is 0 Å². The Morgan fingerprint density at radius 2 is 1.90 bits per heavy atom. The molecule has 1 nitrogen and oxygen atoms in total. The quantitative estimate of drug-likeness (QED) is 0.548. The van der Waals surface area contributed by atoms with Gasteiger partial charge in [0.15, 0.2) is 8.32 Å². The Labute approximate surface area is 143 Å². The third-order valence-corrected chi connectivity index (χ3v) is 10.2. The van der Waals surface area contributed by atoms with Gasteiger partial charge >= 0.3 is 0 Å². The fraction of sp³-hybridized carbons (Fsp3) is 0.529.